The molecule has 0 aliphatic carbocycles. The summed E-state index contributed by atoms with van der Waals surface area (Å²) in [6.45, 7) is 3.98. The zero-order valence-corrected chi connectivity index (χ0v) is 17.2. The third-order valence-corrected chi connectivity index (χ3v) is 5.44. The molecule has 2 heterocycles. The predicted octanol–water partition coefficient (Wildman–Crippen LogP) is 3.97. The minimum atomic E-state index is -0.457. The number of carbonyl (C=O) groups excluding carboxylic acids is 2. The Bertz CT molecular complexity index is 961. The van der Waals surface area contributed by atoms with Crippen molar-refractivity contribution >= 4 is 23.2 Å². The second kappa shape index (κ2) is 9.38. The van der Waals surface area contributed by atoms with Crippen LogP contribution in [-0.2, 0) is 16.1 Å². The van der Waals surface area contributed by atoms with Crippen LogP contribution in [0.1, 0.15) is 44.7 Å². The highest BCUT2D eigenvalue weighted by molar-refractivity contribution is 7.10. The number of rotatable bonds is 8. The van der Waals surface area contributed by atoms with Crippen molar-refractivity contribution in [3.63, 3.8) is 0 Å². The number of carbonyl (C=O) groups is 2. The minimum Gasteiger partial charge on any atom is -0.489 e. The molecule has 0 fully saturated rings. The fraction of sp³-hybridized carbons (Fsp3) is 0.286. The van der Waals surface area contributed by atoms with Crippen LogP contribution >= 0.6 is 11.3 Å². The highest BCUT2D eigenvalue weighted by Crippen LogP contribution is 2.24. The van der Waals surface area contributed by atoms with Crippen LogP contribution in [0.25, 0.3) is 0 Å². The van der Waals surface area contributed by atoms with Gasteiger partial charge >= 0.3 is 5.97 Å². The molecule has 0 spiro atoms. The smallest absolute Gasteiger partial charge is 0.307 e. The Labute approximate surface area is 172 Å². The standard InChI is InChI=1S/C21H22N2O5S/c1-13-17(14(2)28-23-13)12-27-16-7-4-6-15(10-16)21(25)22-18(11-20(24)26-3)19-8-5-9-29-19/h4-10,18H,11-12H2,1-3H3,(H,22,25). The Balaban J connectivity index is 1.70. The molecule has 0 aliphatic rings. The number of benzene rings is 1. The van der Waals surface area contributed by atoms with E-state index in [1.165, 1.54) is 18.4 Å². The Morgan fingerprint density at radius 3 is 2.72 bits per heavy atom. The van der Waals surface area contributed by atoms with Crippen molar-refractivity contribution in [2.24, 2.45) is 0 Å². The zero-order valence-electron chi connectivity index (χ0n) is 16.4. The molecule has 0 bridgehead atoms. The molecule has 1 N–H and O–H groups in total. The minimum absolute atomic E-state index is 0.0605. The van der Waals surface area contributed by atoms with Crippen LogP contribution in [0, 0.1) is 13.8 Å². The summed E-state index contributed by atoms with van der Waals surface area (Å²) in [5, 5.41) is 8.71. The van der Waals surface area contributed by atoms with E-state index >= 15 is 0 Å². The van der Waals surface area contributed by atoms with Gasteiger partial charge in [-0.3, -0.25) is 9.59 Å². The van der Waals surface area contributed by atoms with Crippen LogP contribution in [0.3, 0.4) is 0 Å². The third kappa shape index (κ3) is 5.23. The Kier molecular flexibility index (Phi) is 6.66. The molecule has 152 valence electrons. The lowest BCUT2D eigenvalue weighted by molar-refractivity contribution is -0.141. The van der Waals surface area contributed by atoms with E-state index in [0.29, 0.717) is 23.7 Å². The summed E-state index contributed by atoms with van der Waals surface area (Å²) in [5.41, 5.74) is 2.10. The van der Waals surface area contributed by atoms with Gasteiger partial charge in [0.25, 0.3) is 5.91 Å². The lowest BCUT2D eigenvalue weighted by Crippen LogP contribution is -2.30. The number of methoxy groups -OCH3 is 1. The monoisotopic (exact) mass is 414 g/mol. The van der Waals surface area contributed by atoms with Crippen molar-refractivity contribution in [3.05, 3.63) is 69.2 Å². The molecule has 1 unspecified atom stereocenters. The van der Waals surface area contributed by atoms with Crippen LogP contribution in [0.15, 0.2) is 46.3 Å². The first-order valence-corrected chi connectivity index (χ1v) is 9.91. The van der Waals surface area contributed by atoms with Crippen molar-refractivity contribution < 1.29 is 23.6 Å². The van der Waals surface area contributed by atoms with E-state index in [-0.39, 0.29) is 18.3 Å². The zero-order chi connectivity index (χ0) is 20.8. The Morgan fingerprint density at radius 2 is 2.07 bits per heavy atom. The van der Waals surface area contributed by atoms with Gasteiger partial charge in [-0.25, -0.2) is 0 Å². The molecule has 3 rings (SSSR count). The topological polar surface area (TPSA) is 90.7 Å². The Morgan fingerprint density at radius 1 is 1.24 bits per heavy atom. The largest absolute Gasteiger partial charge is 0.489 e. The normalized spacial score (nSPS) is 11.7. The average molecular weight is 414 g/mol. The van der Waals surface area contributed by atoms with Crippen molar-refractivity contribution in [3.8, 4) is 5.75 Å². The number of nitrogens with one attached hydrogen (secondary N) is 1. The number of thiophene rings is 1. The molecule has 0 aliphatic heterocycles. The quantitative estimate of drug-likeness (QED) is 0.561. The van der Waals surface area contributed by atoms with Gasteiger partial charge in [-0.15, -0.1) is 11.3 Å². The van der Waals surface area contributed by atoms with Gasteiger partial charge in [0.2, 0.25) is 0 Å². The number of hydrogen-bond acceptors (Lipinski definition) is 7. The summed E-state index contributed by atoms with van der Waals surface area (Å²) < 4.78 is 15.7. The molecule has 0 saturated heterocycles. The number of ether oxygens (including phenoxy) is 2. The van der Waals surface area contributed by atoms with E-state index in [4.69, 9.17) is 14.0 Å². The number of aryl methyl sites for hydroxylation is 2. The third-order valence-electron chi connectivity index (χ3n) is 4.45. The molecule has 1 amide bonds. The van der Waals surface area contributed by atoms with E-state index in [0.717, 1.165) is 16.1 Å². The summed E-state index contributed by atoms with van der Waals surface area (Å²) >= 11 is 1.47. The maximum Gasteiger partial charge on any atom is 0.307 e. The molecule has 8 heteroatoms. The van der Waals surface area contributed by atoms with Crippen LogP contribution in [0.4, 0.5) is 0 Å². The predicted molar refractivity (Wildman–Crippen MR) is 108 cm³/mol. The summed E-state index contributed by atoms with van der Waals surface area (Å²) in [6, 6.07) is 10.2. The van der Waals surface area contributed by atoms with Gasteiger partial charge in [0.1, 0.15) is 18.1 Å². The molecule has 3 aromatic rings. The SMILES string of the molecule is COC(=O)CC(NC(=O)c1cccc(OCc2c(C)noc2C)c1)c1cccs1. The fourth-order valence-electron chi connectivity index (χ4n) is 2.79. The second-order valence-electron chi connectivity index (χ2n) is 6.44. The van der Waals surface area contributed by atoms with Crippen molar-refractivity contribution in [1.82, 2.24) is 10.5 Å². The fourth-order valence-corrected chi connectivity index (χ4v) is 3.57. The molecule has 7 nitrogen and oxygen atoms in total. The lowest BCUT2D eigenvalue weighted by atomic mass is 10.1. The van der Waals surface area contributed by atoms with E-state index in [1.54, 1.807) is 24.3 Å². The van der Waals surface area contributed by atoms with E-state index < -0.39 is 6.04 Å². The molecule has 1 atom stereocenters. The average Bonchev–Trinajstić information content (AvgIpc) is 3.36. The number of hydrogen-bond donors (Lipinski definition) is 1. The second-order valence-corrected chi connectivity index (χ2v) is 7.42. The molecule has 1 aromatic carbocycles. The van der Waals surface area contributed by atoms with Crippen molar-refractivity contribution in [1.29, 1.82) is 0 Å². The summed E-state index contributed by atoms with van der Waals surface area (Å²) in [5.74, 6) is 0.576. The van der Waals surface area contributed by atoms with Crippen LogP contribution in [0.2, 0.25) is 0 Å². The van der Waals surface area contributed by atoms with Gasteiger partial charge in [0.15, 0.2) is 0 Å². The van der Waals surface area contributed by atoms with E-state index in [2.05, 4.69) is 10.5 Å². The first kappa shape index (κ1) is 20.6. The number of aromatic nitrogens is 1. The molecule has 29 heavy (non-hydrogen) atoms. The molecule has 0 saturated carbocycles. The molecule has 0 radical (unpaired) electrons. The molecular weight excluding hydrogens is 392 g/mol. The van der Waals surface area contributed by atoms with Gasteiger partial charge in [0, 0.05) is 10.4 Å². The van der Waals surface area contributed by atoms with Crippen molar-refractivity contribution in [2.75, 3.05) is 7.11 Å². The van der Waals surface area contributed by atoms with Crippen molar-refractivity contribution in [2.45, 2.75) is 32.9 Å². The number of nitrogens with zero attached hydrogens (tertiary/aromatic N) is 1. The highest BCUT2D eigenvalue weighted by atomic mass is 32.1. The van der Waals surface area contributed by atoms with Gasteiger partial charge in [0.05, 0.1) is 30.8 Å². The summed E-state index contributed by atoms with van der Waals surface area (Å²) in [7, 11) is 1.33. The van der Waals surface area contributed by atoms with Gasteiger partial charge in [-0.05, 0) is 43.5 Å². The molecule has 2 aromatic heterocycles. The number of amides is 1. The lowest BCUT2D eigenvalue weighted by Gasteiger charge is -2.17. The number of esters is 1. The Hall–Kier alpha value is -3.13. The van der Waals surface area contributed by atoms with Crippen LogP contribution < -0.4 is 10.1 Å². The van der Waals surface area contributed by atoms with E-state index in [9.17, 15) is 9.59 Å². The van der Waals surface area contributed by atoms with Crippen LogP contribution in [-0.4, -0.2) is 24.1 Å². The van der Waals surface area contributed by atoms with Gasteiger partial charge < -0.3 is 19.3 Å². The van der Waals surface area contributed by atoms with Gasteiger partial charge in [-0.2, -0.15) is 0 Å². The summed E-state index contributed by atoms with van der Waals surface area (Å²) in [4.78, 5) is 25.4. The molecular formula is C21H22N2O5S. The maximum atomic E-state index is 12.8. The van der Waals surface area contributed by atoms with Gasteiger partial charge in [-0.1, -0.05) is 17.3 Å². The first-order valence-electron chi connectivity index (χ1n) is 9.03. The maximum absolute atomic E-state index is 12.8. The van der Waals surface area contributed by atoms with Crippen LogP contribution in [0.5, 0.6) is 5.75 Å². The first-order chi connectivity index (χ1) is 14.0. The van der Waals surface area contributed by atoms with E-state index in [1.807, 2.05) is 31.4 Å². The highest BCUT2D eigenvalue weighted by Gasteiger charge is 2.21. The summed E-state index contributed by atoms with van der Waals surface area (Å²) in [6.07, 6.45) is 0.0605.